The quantitative estimate of drug-likeness (QED) is 0.551. The highest BCUT2D eigenvalue weighted by Crippen LogP contribution is 2.25. The Morgan fingerprint density at radius 1 is 1.56 bits per heavy atom. The minimum Gasteiger partial charge on any atom is -0.512 e. The van der Waals surface area contributed by atoms with Crippen molar-refractivity contribution >= 4 is 8.80 Å². The van der Waals surface area contributed by atoms with Crippen molar-refractivity contribution in [1.82, 2.24) is 0 Å². The van der Waals surface area contributed by atoms with Crippen LogP contribution in [0.15, 0.2) is 24.0 Å². The number of rotatable bonds is 1. The molecule has 0 aliphatic heterocycles. The van der Waals surface area contributed by atoms with Gasteiger partial charge in [-0.2, -0.15) is 0 Å². The van der Waals surface area contributed by atoms with Crippen molar-refractivity contribution < 1.29 is 5.11 Å². The minimum atomic E-state index is -0.686. The smallest absolute Gasteiger partial charge is 0.0960 e. The number of allylic oxidation sites excluding steroid dienone is 3. The van der Waals surface area contributed by atoms with Gasteiger partial charge in [-0.15, -0.1) is 0 Å². The van der Waals surface area contributed by atoms with Gasteiger partial charge in [-0.25, -0.2) is 0 Å². The van der Waals surface area contributed by atoms with Crippen LogP contribution in [-0.4, -0.2) is 13.9 Å². The average Bonchev–Trinajstić information content (AvgIpc) is 2.13. The molecule has 0 aromatic rings. The predicted molar refractivity (Wildman–Crippen MR) is 42.5 cm³/mol. The van der Waals surface area contributed by atoms with Gasteiger partial charge >= 0.3 is 0 Å². The van der Waals surface area contributed by atoms with Gasteiger partial charge in [0.05, 0.1) is 5.76 Å². The van der Waals surface area contributed by atoms with Crippen LogP contribution in [-0.2, 0) is 0 Å². The van der Waals surface area contributed by atoms with Gasteiger partial charge in [0.1, 0.15) is 0 Å². The van der Waals surface area contributed by atoms with E-state index < -0.39 is 8.80 Å². The standard InChI is InChI=1S/C7H12OSi/c1-9(2)7-5-3-4-6(7)8/h3-5,7-9H,1-2H3. The summed E-state index contributed by atoms with van der Waals surface area (Å²) < 4.78 is 0. The monoisotopic (exact) mass is 140 g/mol. The van der Waals surface area contributed by atoms with Gasteiger partial charge in [-0.05, 0) is 6.08 Å². The van der Waals surface area contributed by atoms with Crippen molar-refractivity contribution in [3.63, 3.8) is 0 Å². The van der Waals surface area contributed by atoms with Gasteiger partial charge in [0.2, 0.25) is 0 Å². The summed E-state index contributed by atoms with van der Waals surface area (Å²) in [7, 11) is -0.686. The largest absolute Gasteiger partial charge is 0.512 e. The van der Waals surface area contributed by atoms with E-state index in [1.165, 1.54) is 0 Å². The molecule has 50 valence electrons. The van der Waals surface area contributed by atoms with Crippen LogP contribution in [0.1, 0.15) is 0 Å². The molecule has 1 N–H and O–H groups in total. The van der Waals surface area contributed by atoms with Crippen LogP contribution in [0.4, 0.5) is 0 Å². The molecule has 1 atom stereocenters. The number of aliphatic hydroxyl groups excluding tert-OH is 1. The predicted octanol–water partition coefficient (Wildman–Crippen LogP) is 1.85. The normalized spacial score (nSPS) is 25.2. The fourth-order valence-corrected chi connectivity index (χ4v) is 2.41. The molecule has 0 saturated carbocycles. The number of hydrogen-bond acceptors (Lipinski definition) is 1. The Hall–Kier alpha value is -0.503. The summed E-state index contributed by atoms with van der Waals surface area (Å²) in [6, 6.07) is 0. The third-order valence-corrected chi connectivity index (χ3v) is 3.65. The summed E-state index contributed by atoms with van der Waals surface area (Å²) in [5, 5.41) is 9.19. The first-order chi connectivity index (χ1) is 4.22. The molecule has 1 aliphatic rings. The van der Waals surface area contributed by atoms with E-state index in [0.29, 0.717) is 11.3 Å². The fraction of sp³-hybridized carbons (Fsp3) is 0.429. The van der Waals surface area contributed by atoms with Gasteiger partial charge in [-0.3, -0.25) is 0 Å². The van der Waals surface area contributed by atoms with E-state index in [9.17, 15) is 5.11 Å². The van der Waals surface area contributed by atoms with Crippen molar-refractivity contribution in [2.45, 2.75) is 18.6 Å². The molecule has 0 radical (unpaired) electrons. The highest BCUT2D eigenvalue weighted by atomic mass is 28.3. The average molecular weight is 140 g/mol. The Kier molecular flexibility index (Phi) is 1.76. The van der Waals surface area contributed by atoms with Crippen LogP contribution in [0.2, 0.25) is 18.6 Å². The maximum Gasteiger partial charge on any atom is 0.0960 e. The molecule has 0 aromatic heterocycles. The molecule has 0 aromatic carbocycles. The van der Waals surface area contributed by atoms with E-state index in [-0.39, 0.29) is 0 Å². The zero-order valence-corrected chi connectivity index (χ0v) is 6.99. The Morgan fingerprint density at radius 3 is 2.44 bits per heavy atom. The fourth-order valence-electron chi connectivity index (χ4n) is 1.05. The van der Waals surface area contributed by atoms with Gasteiger partial charge < -0.3 is 5.11 Å². The zero-order chi connectivity index (χ0) is 6.85. The molecule has 2 heteroatoms. The van der Waals surface area contributed by atoms with Crippen molar-refractivity contribution in [3.05, 3.63) is 24.0 Å². The molecular formula is C7H12OSi. The summed E-state index contributed by atoms with van der Waals surface area (Å²) in [6.07, 6.45) is 5.82. The summed E-state index contributed by atoms with van der Waals surface area (Å²) in [5.74, 6) is 0.566. The molecule has 0 amide bonds. The van der Waals surface area contributed by atoms with E-state index in [1.807, 2.05) is 6.08 Å². The topological polar surface area (TPSA) is 20.2 Å². The Bertz CT molecular complexity index is 158. The van der Waals surface area contributed by atoms with E-state index in [1.54, 1.807) is 6.08 Å². The highest BCUT2D eigenvalue weighted by molar-refractivity contribution is 6.59. The summed E-state index contributed by atoms with van der Waals surface area (Å²) in [5.41, 5.74) is 0.407. The second-order valence-corrected chi connectivity index (χ2v) is 5.95. The second kappa shape index (κ2) is 2.39. The zero-order valence-electron chi connectivity index (χ0n) is 5.83. The van der Waals surface area contributed by atoms with Crippen LogP contribution in [0.5, 0.6) is 0 Å². The van der Waals surface area contributed by atoms with Crippen LogP contribution < -0.4 is 0 Å². The van der Waals surface area contributed by atoms with Gasteiger partial charge in [-0.1, -0.05) is 25.2 Å². The molecule has 1 unspecified atom stereocenters. The van der Waals surface area contributed by atoms with Crippen LogP contribution >= 0.6 is 0 Å². The summed E-state index contributed by atoms with van der Waals surface area (Å²) in [4.78, 5) is 0. The minimum absolute atomic E-state index is 0.407. The lowest BCUT2D eigenvalue weighted by Gasteiger charge is -2.10. The van der Waals surface area contributed by atoms with Crippen LogP contribution in [0, 0.1) is 0 Å². The van der Waals surface area contributed by atoms with Crippen molar-refractivity contribution in [1.29, 1.82) is 0 Å². The Balaban J connectivity index is 2.63. The summed E-state index contributed by atoms with van der Waals surface area (Å²) in [6.45, 7) is 4.48. The van der Waals surface area contributed by atoms with E-state index >= 15 is 0 Å². The maximum atomic E-state index is 9.19. The first-order valence-corrected chi connectivity index (χ1v) is 6.27. The molecule has 1 nitrogen and oxygen atoms in total. The van der Waals surface area contributed by atoms with Gasteiger partial charge in [0.15, 0.2) is 0 Å². The lowest BCUT2D eigenvalue weighted by molar-refractivity contribution is 0.403. The molecule has 0 bridgehead atoms. The maximum absolute atomic E-state index is 9.19. The van der Waals surface area contributed by atoms with E-state index in [4.69, 9.17) is 0 Å². The molecular weight excluding hydrogens is 128 g/mol. The summed E-state index contributed by atoms with van der Waals surface area (Å²) >= 11 is 0. The van der Waals surface area contributed by atoms with E-state index in [2.05, 4.69) is 19.2 Å². The lowest BCUT2D eigenvalue weighted by atomic mass is 10.4. The third-order valence-electron chi connectivity index (χ3n) is 1.65. The molecule has 9 heavy (non-hydrogen) atoms. The molecule has 0 spiro atoms. The van der Waals surface area contributed by atoms with Crippen molar-refractivity contribution in [3.8, 4) is 0 Å². The second-order valence-electron chi connectivity index (χ2n) is 2.75. The first-order valence-electron chi connectivity index (χ1n) is 3.29. The van der Waals surface area contributed by atoms with Crippen molar-refractivity contribution in [2.24, 2.45) is 0 Å². The third kappa shape index (κ3) is 1.24. The lowest BCUT2D eigenvalue weighted by Crippen LogP contribution is -2.09. The van der Waals surface area contributed by atoms with Gasteiger partial charge in [0.25, 0.3) is 0 Å². The molecule has 1 rings (SSSR count). The van der Waals surface area contributed by atoms with E-state index in [0.717, 1.165) is 0 Å². The molecule has 0 saturated heterocycles. The molecule has 0 heterocycles. The molecule has 0 fully saturated rings. The number of aliphatic hydroxyl groups is 1. The number of hydrogen-bond donors (Lipinski definition) is 1. The van der Waals surface area contributed by atoms with Crippen LogP contribution in [0.25, 0.3) is 0 Å². The highest BCUT2D eigenvalue weighted by Gasteiger charge is 2.17. The van der Waals surface area contributed by atoms with Gasteiger partial charge in [0, 0.05) is 14.3 Å². The molecule has 1 aliphatic carbocycles. The Morgan fingerprint density at radius 2 is 2.22 bits per heavy atom. The van der Waals surface area contributed by atoms with Crippen molar-refractivity contribution in [2.75, 3.05) is 0 Å². The first kappa shape index (κ1) is 6.61. The Labute approximate surface area is 57.3 Å². The SMILES string of the molecule is C[SiH](C)C1C=CC=C1O. The van der Waals surface area contributed by atoms with Crippen LogP contribution in [0.3, 0.4) is 0 Å².